The van der Waals surface area contributed by atoms with Crippen molar-refractivity contribution in [2.45, 2.75) is 45.2 Å². The number of likely N-dealkylation sites (tertiary alicyclic amines) is 1. The van der Waals surface area contributed by atoms with Crippen molar-refractivity contribution in [3.63, 3.8) is 0 Å². The van der Waals surface area contributed by atoms with Gasteiger partial charge in [0.15, 0.2) is 0 Å². The normalized spacial score (nSPS) is 16.9. The van der Waals surface area contributed by atoms with E-state index < -0.39 is 0 Å². The van der Waals surface area contributed by atoms with E-state index >= 15 is 0 Å². The van der Waals surface area contributed by atoms with E-state index in [-0.39, 0.29) is 17.5 Å². The van der Waals surface area contributed by atoms with Crippen LogP contribution in [-0.2, 0) is 11.3 Å². The van der Waals surface area contributed by atoms with Crippen molar-refractivity contribution >= 4 is 16.8 Å². The highest BCUT2D eigenvalue weighted by Crippen LogP contribution is 2.32. The molecule has 1 aliphatic heterocycles. The van der Waals surface area contributed by atoms with E-state index in [4.69, 9.17) is 4.63 Å². The third-order valence-electron chi connectivity index (χ3n) is 5.10. The van der Waals surface area contributed by atoms with Crippen LogP contribution >= 0.6 is 0 Å². The van der Waals surface area contributed by atoms with E-state index in [1.54, 1.807) is 17.0 Å². The Balaban J connectivity index is 1.40. The minimum absolute atomic E-state index is 0.0613. The molecule has 0 N–H and O–H groups in total. The predicted octanol–water partition coefficient (Wildman–Crippen LogP) is 2.23. The molecule has 0 aliphatic carbocycles. The molecule has 3 aromatic rings. The molecule has 1 amide bonds. The second-order valence-corrected chi connectivity index (χ2v) is 6.84. The molecule has 3 heterocycles. The van der Waals surface area contributed by atoms with E-state index in [1.807, 2.05) is 30.0 Å². The van der Waals surface area contributed by atoms with Crippen LogP contribution in [0, 0.1) is 6.92 Å². The number of amides is 1. The van der Waals surface area contributed by atoms with Gasteiger partial charge in [-0.25, -0.2) is 9.61 Å². The smallest absolute Gasteiger partial charge is 0.261 e. The lowest BCUT2D eigenvalue weighted by atomic mass is 10.1. The van der Waals surface area contributed by atoms with Crippen LogP contribution in [0.3, 0.4) is 0 Å². The van der Waals surface area contributed by atoms with Gasteiger partial charge in [-0.3, -0.25) is 14.2 Å². The second-order valence-electron chi connectivity index (χ2n) is 6.84. The van der Waals surface area contributed by atoms with Crippen molar-refractivity contribution in [2.24, 2.45) is 0 Å². The fourth-order valence-electron chi connectivity index (χ4n) is 3.70. The summed E-state index contributed by atoms with van der Waals surface area (Å²) in [6.45, 7) is 3.02. The minimum atomic E-state index is -0.0728. The van der Waals surface area contributed by atoms with Crippen LogP contribution in [0.25, 0.3) is 10.9 Å². The predicted molar refractivity (Wildman–Crippen MR) is 98.0 cm³/mol. The number of rotatable bonds is 5. The summed E-state index contributed by atoms with van der Waals surface area (Å²) in [5.41, 5.74) is 2.09. The maximum Gasteiger partial charge on any atom is 0.261 e. The topological polar surface area (TPSA) is 94.1 Å². The number of benzene rings is 1. The molecule has 27 heavy (non-hydrogen) atoms. The first kappa shape index (κ1) is 17.4. The molecule has 1 aromatic carbocycles. The van der Waals surface area contributed by atoms with Crippen LogP contribution in [0.4, 0.5) is 0 Å². The standard InChI is InChI=1S/C19H21N5O3/c1-13-18(22-27-21-13)16-8-4-11-24(16)17(25)9-5-10-23-12-20-15-7-3-2-6-14(15)19(23)26/h2-3,6-7,12,16H,4-5,8-11H2,1H3/t16-/m1/s1. The zero-order valence-electron chi connectivity index (χ0n) is 15.2. The van der Waals surface area contributed by atoms with Gasteiger partial charge in [-0.15, -0.1) is 0 Å². The number of para-hydroxylation sites is 1. The molecule has 2 aromatic heterocycles. The Morgan fingerprint density at radius 2 is 2.15 bits per heavy atom. The number of aromatic nitrogens is 4. The molecule has 1 saturated heterocycles. The highest BCUT2D eigenvalue weighted by Gasteiger charge is 2.33. The fraction of sp³-hybridized carbons (Fsp3) is 0.421. The van der Waals surface area contributed by atoms with Crippen molar-refractivity contribution < 1.29 is 9.42 Å². The van der Waals surface area contributed by atoms with Gasteiger partial charge in [0.1, 0.15) is 11.4 Å². The van der Waals surface area contributed by atoms with Gasteiger partial charge in [0, 0.05) is 19.5 Å². The van der Waals surface area contributed by atoms with E-state index in [2.05, 4.69) is 15.3 Å². The fourth-order valence-corrected chi connectivity index (χ4v) is 3.70. The molecule has 0 radical (unpaired) electrons. The van der Waals surface area contributed by atoms with Crippen molar-refractivity contribution in [1.29, 1.82) is 0 Å². The molecule has 0 unspecified atom stereocenters. The van der Waals surface area contributed by atoms with E-state index in [1.165, 1.54) is 0 Å². The number of carbonyl (C=O) groups is 1. The van der Waals surface area contributed by atoms with Crippen LogP contribution < -0.4 is 5.56 Å². The summed E-state index contributed by atoms with van der Waals surface area (Å²) < 4.78 is 6.36. The summed E-state index contributed by atoms with van der Waals surface area (Å²) in [5, 5.41) is 8.38. The minimum Gasteiger partial charge on any atom is -0.334 e. The maximum absolute atomic E-state index is 12.7. The van der Waals surface area contributed by atoms with Crippen LogP contribution in [0.5, 0.6) is 0 Å². The van der Waals surface area contributed by atoms with Crippen molar-refractivity contribution in [3.05, 3.63) is 52.3 Å². The molecule has 4 rings (SSSR count). The average Bonchev–Trinajstić information content (AvgIpc) is 3.32. The van der Waals surface area contributed by atoms with Gasteiger partial charge in [-0.05, 0) is 38.3 Å². The summed E-state index contributed by atoms with van der Waals surface area (Å²) in [4.78, 5) is 31.4. The monoisotopic (exact) mass is 367 g/mol. The largest absolute Gasteiger partial charge is 0.334 e. The zero-order chi connectivity index (χ0) is 18.8. The summed E-state index contributed by atoms with van der Waals surface area (Å²) in [6.07, 6.45) is 4.32. The molecule has 0 saturated carbocycles. The average molecular weight is 367 g/mol. The Bertz CT molecular complexity index is 1030. The van der Waals surface area contributed by atoms with Crippen LogP contribution in [0.1, 0.15) is 43.1 Å². The first-order valence-corrected chi connectivity index (χ1v) is 9.18. The lowest BCUT2D eigenvalue weighted by Gasteiger charge is -2.23. The SMILES string of the molecule is Cc1nonc1[C@H]1CCCN1C(=O)CCCn1cnc2ccccc2c1=O. The zero-order valence-corrected chi connectivity index (χ0v) is 15.2. The Labute approximate surface area is 155 Å². The summed E-state index contributed by atoms with van der Waals surface area (Å²) in [6, 6.07) is 7.21. The van der Waals surface area contributed by atoms with Gasteiger partial charge < -0.3 is 4.90 Å². The third kappa shape index (κ3) is 3.34. The Hall–Kier alpha value is -3.03. The molecular formula is C19H21N5O3. The summed E-state index contributed by atoms with van der Waals surface area (Å²) >= 11 is 0. The van der Waals surface area contributed by atoms with Gasteiger partial charge in [0.2, 0.25) is 5.91 Å². The van der Waals surface area contributed by atoms with Crippen LogP contribution in [0.15, 0.2) is 40.0 Å². The first-order chi connectivity index (χ1) is 13.1. The van der Waals surface area contributed by atoms with Crippen molar-refractivity contribution in [2.75, 3.05) is 6.54 Å². The lowest BCUT2D eigenvalue weighted by Crippen LogP contribution is -2.31. The van der Waals surface area contributed by atoms with Crippen LogP contribution in [0.2, 0.25) is 0 Å². The number of nitrogens with zero attached hydrogens (tertiary/aromatic N) is 5. The van der Waals surface area contributed by atoms with Gasteiger partial charge >= 0.3 is 0 Å². The van der Waals surface area contributed by atoms with Gasteiger partial charge in [0.25, 0.3) is 5.56 Å². The summed E-state index contributed by atoms with van der Waals surface area (Å²) in [7, 11) is 0. The summed E-state index contributed by atoms with van der Waals surface area (Å²) in [5.74, 6) is 0.0710. The van der Waals surface area contributed by atoms with Crippen molar-refractivity contribution in [3.8, 4) is 0 Å². The molecule has 1 fully saturated rings. The van der Waals surface area contributed by atoms with Crippen molar-refractivity contribution in [1.82, 2.24) is 24.8 Å². The van der Waals surface area contributed by atoms with Crippen LogP contribution in [-0.4, -0.2) is 37.2 Å². The highest BCUT2D eigenvalue weighted by molar-refractivity contribution is 5.77. The molecular weight excluding hydrogens is 346 g/mol. The highest BCUT2D eigenvalue weighted by atomic mass is 16.6. The lowest BCUT2D eigenvalue weighted by molar-refractivity contribution is -0.132. The van der Waals surface area contributed by atoms with E-state index in [9.17, 15) is 9.59 Å². The number of fused-ring (bicyclic) bond motifs is 1. The van der Waals surface area contributed by atoms with Gasteiger partial charge in [-0.2, -0.15) is 0 Å². The first-order valence-electron chi connectivity index (χ1n) is 9.18. The Kier molecular flexibility index (Phi) is 4.70. The Morgan fingerprint density at radius 3 is 2.96 bits per heavy atom. The second kappa shape index (κ2) is 7.30. The molecule has 1 aliphatic rings. The molecule has 0 bridgehead atoms. The molecule has 8 heteroatoms. The molecule has 0 spiro atoms. The number of aryl methyl sites for hydroxylation is 2. The quantitative estimate of drug-likeness (QED) is 0.686. The third-order valence-corrected chi connectivity index (χ3v) is 5.10. The number of carbonyl (C=O) groups excluding carboxylic acids is 1. The maximum atomic E-state index is 12.7. The van der Waals surface area contributed by atoms with E-state index in [0.29, 0.717) is 36.8 Å². The number of hydrogen-bond acceptors (Lipinski definition) is 6. The van der Waals surface area contributed by atoms with Gasteiger partial charge in [0.05, 0.1) is 23.3 Å². The van der Waals surface area contributed by atoms with Gasteiger partial charge in [-0.1, -0.05) is 22.4 Å². The van der Waals surface area contributed by atoms with E-state index in [0.717, 1.165) is 24.2 Å². The molecule has 1 atom stereocenters. The molecule has 140 valence electrons. The Morgan fingerprint density at radius 1 is 1.30 bits per heavy atom. The molecule has 8 nitrogen and oxygen atoms in total. The number of hydrogen-bond donors (Lipinski definition) is 0.